The van der Waals surface area contributed by atoms with E-state index >= 15 is 0 Å². The summed E-state index contributed by atoms with van der Waals surface area (Å²) in [4.78, 5) is 0. The van der Waals surface area contributed by atoms with Gasteiger partial charge in [-0.1, -0.05) is 0 Å². The van der Waals surface area contributed by atoms with Gasteiger partial charge >= 0.3 is 210 Å². The molecule has 33 heavy (non-hydrogen) atoms. The summed E-state index contributed by atoms with van der Waals surface area (Å²) in [6, 6.07) is 33.2. The second-order valence-electron chi connectivity index (χ2n) is 7.73. The molecule has 0 aliphatic rings. The van der Waals surface area contributed by atoms with Crippen LogP contribution in [0.1, 0.15) is 22.3 Å². The van der Waals surface area contributed by atoms with Crippen LogP contribution in [0.5, 0.6) is 11.5 Å². The molecule has 4 rings (SSSR count). The Morgan fingerprint density at radius 2 is 0.848 bits per heavy atom. The first kappa shape index (κ1) is 23.6. The van der Waals surface area contributed by atoms with Crippen molar-refractivity contribution in [3.8, 4) is 11.5 Å². The molecule has 0 saturated carbocycles. The van der Waals surface area contributed by atoms with E-state index in [1.54, 1.807) is 0 Å². The van der Waals surface area contributed by atoms with Gasteiger partial charge in [0.25, 0.3) is 0 Å². The molecule has 0 bridgehead atoms. The van der Waals surface area contributed by atoms with Gasteiger partial charge in [0.05, 0.1) is 0 Å². The van der Waals surface area contributed by atoms with Gasteiger partial charge in [-0.2, -0.15) is 0 Å². The van der Waals surface area contributed by atoms with Crippen LogP contribution in [0, 0.1) is 13.8 Å². The van der Waals surface area contributed by atoms with E-state index in [0.717, 1.165) is 11.5 Å². The number of hydrogen-bond donors (Lipinski definition) is 0. The van der Waals surface area contributed by atoms with E-state index in [9.17, 15) is 0 Å². The third-order valence-electron chi connectivity index (χ3n) is 4.96. The molecule has 0 aliphatic carbocycles. The van der Waals surface area contributed by atoms with Crippen molar-refractivity contribution >= 4 is 39.5 Å². The monoisotopic (exact) mass is 570 g/mol. The van der Waals surface area contributed by atoms with Crippen LogP contribution in [0.15, 0.2) is 97.1 Å². The summed E-state index contributed by atoms with van der Waals surface area (Å²) >= 11 is -0.0355. The van der Waals surface area contributed by atoms with E-state index in [1.807, 2.05) is 24.3 Å². The minimum absolute atomic E-state index is 0.0178. The zero-order valence-electron chi connectivity index (χ0n) is 18.7. The normalized spacial score (nSPS) is 10.7. The van der Waals surface area contributed by atoms with Crippen molar-refractivity contribution in [3.63, 3.8) is 0 Å². The molecule has 0 atom stereocenters. The van der Waals surface area contributed by atoms with Gasteiger partial charge in [-0.05, 0) is 0 Å². The molecule has 0 fully saturated rings. The van der Waals surface area contributed by atoms with Crippen LogP contribution in [-0.4, -0.2) is 30.6 Å². The van der Waals surface area contributed by atoms with Crippen LogP contribution >= 0.6 is 0 Å². The van der Waals surface area contributed by atoms with Crippen molar-refractivity contribution in [3.05, 3.63) is 119 Å². The molecule has 3 nitrogen and oxygen atoms in total. The Bertz CT molecular complexity index is 1030. The van der Waals surface area contributed by atoms with Gasteiger partial charge in [-0.25, -0.2) is 0 Å². The molecule has 0 aromatic heterocycles. The SMILES string of the molecule is Cc1ccc(COc2ccc([Se]O[Se]c3ccc(OCc4ccc(C)cc4)cc3)cc2)cc1. The van der Waals surface area contributed by atoms with Crippen molar-refractivity contribution in [1.29, 1.82) is 0 Å². The Morgan fingerprint density at radius 3 is 1.21 bits per heavy atom. The van der Waals surface area contributed by atoms with Gasteiger partial charge in [0.1, 0.15) is 0 Å². The molecule has 0 heterocycles. The van der Waals surface area contributed by atoms with Crippen LogP contribution in [-0.2, 0) is 16.1 Å². The summed E-state index contributed by atoms with van der Waals surface area (Å²) in [5.41, 5.74) is 4.86. The quantitative estimate of drug-likeness (QED) is 0.261. The fourth-order valence-electron chi connectivity index (χ4n) is 2.98. The maximum absolute atomic E-state index is 6.01. The second-order valence-corrected chi connectivity index (χ2v) is 12.2. The van der Waals surface area contributed by atoms with Crippen LogP contribution in [0.2, 0.25) is 0 Å². The average Bonchev–Trinajstić information content (AvgIpc) is 2.85. The number of ether oxygens (including phenoxy) is 2. The topological polar surface area (TPSA) is 27.7 Å². The van der Waals surface area contributed by atoms with Crippen molar-refractivity contribution in [2.24, 2.45) is 0 Å². The molecule has 4 aromatic rings. The van der Waals surface area contributed by atoms with Gasteiger partial charge < -0.3 is 0 Å². The first-order valence-electron chi connectivity index (χ1n) is 10.7. The molecule has 0 amide bonds. The zero-order valence-corrected chi connectivity index (χ0v) is 22.1. The summed E-state index contributed by atoms with van der Waals surface area (Å²) in [6.07, 6.45) is 0. The van der Waals surface area contributed by atoms with Crippen LogP contribution in [0.4, 0.5) is 0 Å². The van der Waals surface area contributed by atoms with Gasteiger partial charge in [0.2, 0.25) is 0 Å². The van der Waals surface area contributed by atoms with Crippen molar-refractivity contribution in [2.75, 3.05) is 0 Å². The number of benzene rings is 4. The Labute approximate surface area is 209 Å². The molecular weight excluding hydrogens is 542 g/mol. The third kappa shape index (κ3) is 7.78. The summed E-state index contributed by atoms with van der Waals surface area (Å²) in [6.45, 7) is 5.33. The van der Waals surface area contributed by atoms with E-state index in [0.29, 0.717) is 13.2 Å². The predicted octanol–water partition coefficient (Wildman–Crippen LogP) is 4.67. The van der Waals surface area contributed by atoms with Gasteiger partial charge in [-0.15, -0.1) is 0 Å². The molecule has 0 spiro atoms. The summed E-state index contributed by atoms with van der Waals surface area (Å²) in [5, 5.41) is 0. The van der Waals surface area contributed by atoms with Crippen molar-refractivity contribution in [1.82, 2.24) is 0 Å². The summed E-state index contributed by atoms with van der Waals surface area (Å²) in [7, 11) is 0. The predicted molar refractivity (Wildman–Crippen MR) is 136 cm³/mol. The molecular formula is C28H26O3Se2. The van der Waals surface area contributed by atoms with E-state index < -0.39 is 0 Å². The Hall–Kier alpha value is -2.52. The second kappa shape index (κ2) is 12.1. The van der Waals surface area contributed by atoms with Gasteiger partial charge in [0, 0.05) is 0 Å². The standard InChI is InChI=1S/C28H26O3Se2/c1-21-3-7-23(8-4-21)19-29-25-11-15-27(16-12-25)32-31-33-28-17-13-26(14-18-28)30-20-24-9-5-22(2)6-10-24/h3-18H,19-20H2,1-2H3. The van der Waals surface area contributed by atoms with E-state index in [4.69, 9.17) is 12.4 Å². The fraction of sp³-hybridized carbons (Fsp3) is 0.143. The van der Waals surface area contributed by atoms with Crippen LogP contribution < -0.4 is 18.4 Å². The molecule has 5 heteroatoms. The number of hydrogen-bond acceptors (Lipinski definition) is 3. The van der Waals surface area contributed by atoms with E-state index in [-0.39, 0.29) is 30.6 Å². The van der Waals surface area contributed by atoms with Crippen LogP contribution in [0.25, 0.3) is 0 Å². The molecule has 0 N–H and O–H groups in total. The zero-order chi connectivity index (χ0) is 22.9. The Morgan fingerprint density at radius 1 is 0.485 bits per heavy atom. The van der Waals surface area contributed by atoms with Crippen LogP contribution in [0.3, 0.4) is 0 Å². The van der Waals surface area contributed by atoms with Crippen molar-refractivity contribution in [2.45, 2.75) is 27.1 Å². The molecule has 0 radical (unpaired) electrons. The number of rotatable bonds is 10. The first-order chi connectivity index (χ1) is 16.1. The molecule has 0 aliphatic heterocycles. The molecule has 0 saturated heterocycles. The molecule has 0 unspecified atom stereocenters. The Balaban J connectivity index is 1.18. The third-order valence-corrected chi connectivity index (χ3v) is 8.68. The van der Waals surface area contributed by atoms with Crippen molar-refractivity contribution < 1.29 is 12.4 Å². The fourth-order valence-corrected chi connectivity index (χ4v) is 6.50. The molecule has 4 aromatic carbocycles. The summed E-state index contributed by atoms with van der Waals surface area (Å²) in [5.74, 6) is 1.75. The van der Waals surface area contributed by atoms with Gasteiger partial charge in [-0.3, -0.25) is 0 Å². The maximum atomic E-state index is 6.01. The van der Waals surface area contributed by atoms with Gasteiger partial charge in [0.15, 0.2) is 0 Å². The van der Waals surface area contributed by atoms with E-state index in [2.05, 4.69) is 86.6 Å². The average molecular weight is 568 g/mol. The number of aryl methyl sites for hydroxylation is 2. The summed E-state index contributed by atoms with van der Waals surface area (Å²) < 4.78 is 20.2. The Kier molecular flexibility index (Phi) is 8.65. The van der Waals surface area contributed by atoms with E-state index in [1.165, 1.54) is 31.2 Å². The first-order valence-corrected chi connectivity index (χ1v) is 13.8. The minimum atomic E-state index is -0.0178. The molecule has 168 valence electrons.